The minimum atomic E-state index is -0.625. The normalized spacial score (nSPS) is 15.0. The van der Waals surface area contributed by atoms with Crippen LogP contribution in [-0.4, -0.2) is 20.7 Å². The van der Waals surface area contributed by atoms with E-state index in [1.54, 1.807) is 30.5 Å². The highest BCUT2D eigenvalue weighted by atomic mass is 19.1. The fraction of sp³-hybridized carbons (Fsp3) is 0.167. The molecule has 0 saturated heterocycles. The Kier molecular flexibility index (Phi) is 3.56. The Bertz CT molecular complexity index is 932. The molecule has 4 rings (SSSR count). The van der Waals surface area contributed by atoms with Crippen LogP contribution in [0.15, 0.2) is 54.9 Å². The van der Waals surface area contributed by atoms with E-state index in [9.17, 15) is 13.6 Å². The van der Waals surface area contributed by atoms with Crippen LogP contribution in [0, 0.1) is 11.8 Å². The van der Waals surface area contributed by atoms with Crippen LogP contribution in [0.4, 0.5) is 14.6 Å². The lowest BCUT2D eigenvalue weighted by atomic mass is 9.95. The maximum atomic E-state index is 13.2. The Morgan fingerprint density at radius 1 is 1.12 bits per heavy atom. The smallest absolute Gasteiger partial charge is 0.236 e. The highest BCUT2D eigenvalue weighted by Gasteiger charge is 2.51. The van der Waals surface area contributed by atoms with Gasteiger partial charge in [0, 0.05) is 24.5 Å². The van der Waals surface area contributed by atoms with Gasteiger partial charge in [0.05, 0.1) is 11.1 Å². The Morgan fingerprint density at radius 3 is 2.56 bits per heavy atom. The van der Waals surface area contributed by atoms with Gasteiger partial charge in [-0.3, -0.25) is 4.79 Å². The van der Waals surface area contributed by atoms with Crippen molar-refractivity contribution in [3.63, 3.8) is 0 Å². The Balaban J connectivity index is 1.53. The molecule has 1 aliphatic rings. The monoisotopic (exact) mass is 340 g/mol. The fourth-order valence-corrected chi connectivity index (χ4v) is 2.85. The predicted molar refractivity (Wildman–Crippen MR) is 87.3 cm³/mol. The van der Waals surface area contributed by atoms with E-state index < -0.39 is 11.4 Å². The zero-order valence-electron chi connectivity index (χ0n) is 13.1. The third-order valence-corrected chi connectivity index (χ3v) is 4.39. The van der Waals surface area contributed by atoms with Crippen molar-refractivity contribution in [3.05, 3.63) is 72.2 Å². The summed E-state index contributed by atoms with van der Waals surface area (Å²) in [7, 11) is 0. The number of hydrogen-bond acceptors (Lipinski definition) is 3. The summed E-state index contributed by atoms with van der Waals surface area (Å²) in [6.45, 7) is 0. The minimum absolute atomic E-state index is 0.176. The third kappa shape index (κ3) is 2.88. The van der Waals surface area contributed by atoms with Gasteiger partial charge in [0.1, 0.15) is 5.82 Å². The van der Waals surface area contributed by atoms with Crippen LogP contribution in [0.5, 0.6) is 0 Å². The molecule has 25 heavy (non-hydrogen) atoms. The van der Waals surface area contributed by atoms with Gasteiger partial charge in [-0.05, 0) is 36.6 Å². The van der Waals surface area contributed by atoms with Crippen LogP contribution in [0.1, 0.15) is 18.4 Å². The number of benzene rings is 1. The summed E-state index contributed by atoms with van der Waals surface area (Å²) in [6.07, 6.45) is 4.39. The molecule has 1 saturated carbocycles. The number of halogens is 2. The highest BCUT2D eigenvalue weighted by Crippen LogP contribution is 2.48. The molecule has 1 fully saturated rings. The summed E-state index contributed by atoms with van der Waals surface area (Å²) >= 11 is 0. The van der Waals surface area contributed by atoms with Crippen molar-refractivity contribution >= 4 is 11.7 Å². The number of anilines is 1. The van der Waals surface area contributed by atoms with Gasteiger partial charge in [0.2, 0.25) is 11.9 Å². The highest BCUT2D eigenvalue weighted by molar-refractivity contribution is 6.00. The lowest BCUT2D eigenvalue weighted by molar-refractivity contribution is -0.118. The van der Waals surface area contributed by atoms with Gasteiger partial charge in [-0.2, -0.15) is 9.49 Å². The summed E-state index contributed by atoms with van der Waals surface area (Å²) < 4.78 is 27.7. The van der Waals surface area contributed by atoms with Crippen molar-refractivity contribution in [2.45, 2.75) is 18.3 Å². The van der Waals surface area contributed by atoms with Gasteiger partial charge in [-0.15, -0.1) is 0 Å². The molecule has 0 atom stereocenters. The van der Waals surface area contributed by atoms with Crippen LogP contribution < -0.4 is 5.32 Å². The van der Waals surface area contributed by atoms with Gasteiger partial charge in [-0.1, -0.05) is 12.1 Å². The molecule has 2 aromatic heterocycles. The van der Waals surface area contributed by atoms with Crippen molar-refractivity contribution < 1.29 is 13.6 Å². The van der Waals surface area contributed by atoms with Crippen LogP contribution in [-0.2, 0) is 10.2 Å². The van der Waals surface area contributed by atoms with Crippen LogP contribution in [0.25, 0.3) is 5.69 Å². The number of rotatable bonds is 4. The van der Waals surface area contributed by atoms with Gasteiger partial charge in [0.15, 0.2) is 5.82 Å². The standard InChI is InChI=1S/C18H14F2N4O/c19-13-3-1-12(2-4-13)18(7-8-18)17(25)22-16-6-10-24(23-16)14-5-9-21-15(20)11-14/h1-6,9-11H,7-8H2,(H,22,23,25). The molecule has 0 aliphatic heterocycles. The van der Waals surface area contributed by atoms with E-state index in [0.717, 1.165) is 5.56 Å². The maximum absolute atomic E-state index is 13.2. The third-order valence-electron chi connectivity index (χ3n) is 4.39. The molecular weight excluding hydrogens is 326 g/mol. The second kappa shape index (κ2) is 5.77. The van der Waals surface area contributed by atoms with E-state index in [0.29, 0.717) is 24.3 Å². The lowest BCUT2D eigenvalue weighted by Crippen LogP contribution is -2.28. The van der Waals surface area contributed by atoms with Crippen LogP contribution in [0.2, 0.25) is 0 Å². The first kappa shape index (κ1) is 15.4. The van der Waals surface area contributed by atoms with Crippen LogP contribution >= 0.6 is 0 Å². The number of nitrogens with zero attached hydrogens (tertiary/aromatic N) is 3. The van der Waals surface area contributed by atoms with Gasteiger partial charge >= 0.3 is 0 Å². The second-order valence-corrected chi connectivity index (χ2v) is 6.03. The molecule has 1 aromatic carbocycles. The van der Waals surface area contributed by atoms with E-state index in [4.69, 9.17) is 0 Å². The molecule has 2 heterocycles. The zero-order valence-corrected chi connectivity index (χ0v) is 13.1. The summed E-state index contributed by atoms with van der Waals surface area (Å²) in [6, 6.07) is 10.5. The van der Waals surface area contributed by atoms with Gasteiger partial charge < -0.3 is 5.32 Å². The molecule has 0 unspecified atom stereocenters. The number of carbonyl (C=O) groups excluding carboxylic acids is 1. The first-order chi connectivity index (χ1) is 12.1. The molecule has 0 radical (unpaired) electrons. The largest absolute Gasteiger partial charge is 0.308 e. The van der Waals surface area contributed by atoms with E-state index in [1.165, 1.54) is 29.1 Å². The van der Waals surface area contributed by atoms with Crippen molar-refractivity contribution in [3.8, 4) is 5.69 Å². The molecule has 126 valence electrons. The van der Waals surface area contributed by atoms with E-state index >= 15 is 0 Å². The molecular formula is C18H14F2N4O. The lowest BCUT2D eigenvalue weighted by Gasteiger charge is -2.14. The fourth-order valence-electron chi connectivity index (χ4n) is 2.85. The number of nitrogens with one attached hydrogen (secondary N) is 1. The summed E-state index contributed by atoms with van der Waals surface area (Å²) in [5, 5.41) is 7.03. The molecule has 1 aliphatic carbocycles. The molecule has 5 nitrogen and oxygen atoms in total. The number of pyridine rings is 1. The number of hydrogen-bond donors (Lipinski definition) is 1. The average molecular weight is 340 g/mol. The zero-order chi connectivity index (χ0) is 17.4. The van der Waals surface area contributed by atoms with Crippen molar-refractivity contribution in [2.24, 2.45) is 0 Å². The van der Waals surface area contributed by atoms with Gasteiger partial charge in [0.25, 0.3) is 0 Å². The van der Waals surface area contributed by atoms with E-state index in [1.807, 2.05) is 0 Å². The van der Waals surface area contributed by atoms with Crippen molar-refractivity contribution in [1.29, 1.82) is 0 Å². The number of amides is 1. The average Bonchev–Trinajstić information content (AvgIpc) is 3.29. The Hall–Kier alpha value is -3.09. The van der Waals surface area contributed by atoms with E-state index in [2.05, 4.69) is 15.4 Å². The number of aromatic nitrogens is 3. The van der Waals surface area contributed by atoms with E-state index in [-0.39, 0.29) is 11.7 Å². The first-order valence-electron chi connectivity index (χ1n) is 7.82. The Morgan fingerprint density at radius 2 is 1.88 bits per heavy atom. The van der Waals surface area contributed by atoms with Crippen LogP contribution in [0.3, 0.4) is 0 Å². The predicted octanol–water partition coefficient (Wildman–Crippen LogP) is 3.22. The molecule has 7 heteroatoms. The SMILES string of the molecule is O=C(Nc1ccn(-c2ccnc(F)c2)n1)C1(c2ccc(F)cc2)CC1. The summed E-state index contributed by atoms with van der Waals surface area (Å²) in [5.41, 5.74) is 0.676. The number of carbonyl (C=O) groups is 1. The molecule has 0 spiro atoms. The topological polar surface area (TPSA) is 59.8 Å². The van der Waals surface area contributed by atoms with Crippen molar-refractivity contribution in [1.82, 2.24) is 14.8 Å². The maximum Gasteiger partial charge on any atom is 0.236 e. The molecule has 3 aromatic rings. The molecule has 1 amide bonds. The Labute approximate surface area is 142 Å². The summed E-state index contributed by atoms with van der Waals surface area (Å²) in [4.78, 5) is 16.2. The second-order valence-electron chi connectivity index (χ2n) is 6.03. The molecule has 1 N–H and O–H groups in total. The van der Waals surface area contributed by atoms with Gasteiger partial charge in [-0.25, -0.2) is 14.1 Å². The minimum Gasteiger partial charge on any atom is -0.308 e. The van der Waals surface area contributed by atoms with Crippen molar-refractivity contribution in [2.75, 3.05) is 5.32 Å². The quantitative estimate of drug-likeness (QED) is 0.742. The molecule has 0 bridgehead atoms. The summed E-state index contributed by atoms with van der Waals surface area (Å²) in [5.74, 6) is -0.740. The first-order valence-corrected chi connectivity index (χ1v) is 7.82.